The minimum absolute atomic E-state index is 0.467. The third-order valence-electron chi connectivity index (χ3n) is 1.70. The number of rotatable bonds is 4. The molecule has 13 heavy (non-hydrogen) atoms. The molecule has 0 aromatic heterocycles. The maximum atomic E-state index is 8.51. The third kappa shape index (κ3) is 3.48. The molecule has 0 fully saturated rings. The van der Waals surface area contributed by atoms with E-state index in [4.69, 9.17) is 10.0 Å². The zero-order valence-electron chi connectivity index (χ0n) is 7.60. The predicted molar refractivity (Wildman–Crippen MR) is 51.3 cm³/mol. The highest BCUT2D eigenvalue weighted by Crippen LogP contribution is 2.13. The molecule has 0 heterocycles. The summed E-state index contributed by atoms with van der Waals surface area (Å²) in [4.78, 5) is 0. The van der Waals surface area contributed by atoms with E-state index in [9.17, 15) is 0 Å². The molecule has 1 aromatic carbocycles. The number of benzene rings is 1. The molecule has 0 amide bonds. The Labute approximate surface area is 78.2 Å². The molecule has 0 radical (unpaired) electrons. The SMILES string of the molecule is CCCc1ccc(OB(O)O)cc1. The summed E-state index contributed by atoms with van der Waals surface area (Å²) in [5, 5.41) is 17.0. The molecular formula is C9H13BO3. The molecule has 2 N–H and O–H groups in total. The van der Waals surface area contributed by atoms with E-state index in [2.05, 4.69) is 11.6 Å². The van der Waals surface area contributed by atoms with Crippen molar-refractivity contribution >= 4 is 7.32 Å². The molecule has 1 aromatic rings. The van der Waals surface area contributed by atoms with E-state index in [0.29, 0.717) is 5.75 Å². The first-order valence-electron chi connectivity index (χ1n) is 4.34. The summed E-state index contributed by atoms with van der Waals surface area (Å²) in [7, 11) is -1.74. The summed E-state index contributed by atoms with van der Waals surface area (Å²) in [5.41, 5.74) is 1.22. The molecule has 0 unspecified atom stereocenters. The van der Waals surface area contributed by atoms with Gasteiger partial charge in [0.15, 0.2) is 0 Å². The van der Waals surface area contributed by atoms with Gasteiger partial charge in [-0.2, -0.15) is 0 Å². The molecule has 0 saturated carbocycles. The molecule has 0 aliphatic carbocycles. The van der Waals surface area contributed by atoms with E-state index in [1.54, 1.807) is 12.1 Å². The molecule has 3 nitrogen and oxygen atoms in total. The summed E-state index contributed by atoms with van der Waals surface area (Å²) in [6, 6.07) is 7.29. The van der Waals surface area contributed by atoms with Crippen LogP contribution in [0, 0.1) is 0 Å². The maximum absolute atomic E-state index is 8.51. The minimum atomic E-state index is -1.74. The quantitative estimate of drug-likeness (QED) is 0.679. The molecule has 0 atom stereocenters. The van der Waals surface area contributed by atoms with Gasteiger partial charge < -0.3 is 14.7 Å². The lowest BCUT2D eigenvalue weighted by molar-refractivity contribution is 0.288. The lowest BCUT2D eigenvalue weighted by Gasteiger charge is -2.04. The molecule has 0 spiro atoms. The van der Waals surface area contributed by atoms with E-state index in [1.807, 2.05) is 12.1 Å². The van der Waals surface area contributed by atoms with Gasteiger partial charge in [0.1, 0.15) is 5.75 Å². The standard InChI is InChI=1S/C9H13BO3/c1-2-3-8-4-6-9(7-5-8)13-10(11)12/h4-7,11-12H,2-3H2,1H3. The van der Waals surface area contributed by atoms with Crippen molar-refractivity contribution in [2.24, 2.45) is 0 Å². The zero-order chi connectivity index (χ0) is 9.68. The molecule has 1 rings (SSSR count). The van der Waals surface area contributed by atoms with Crippen LogP contribution in [0.25, 0.3) is 0 Å². The summed E-state index contributed by atoms with van der Waals surface area (Å²) in [6.45, 7) is 2.11. The highest BCUT2D eigenvalue weighted by Gasteiger charge is 2.10. The van der Waals surface area contributed by atoms with Crippen molar-refractivity contribution in [2.75, 3.05) is 0 Å². The van der Waals surface area contributed by atoms with Crippen molar-refractivity contribution in [1.82, 2.24) is 0 Å². The second-order valence-corrected chi connectivity index (χ2v) is 2.84. The summed E-state index contributed by atoms with van der Waals surface area (Å²) in [5.74, 6) is 0.467. The number of hydrogen-bond acceptors (Lipinski definition) is 3. The van der Waals surface area contributed by atoms with Crippen LogP contribution in [-0.4, -0.2) is 17.4 Å². The highest BCUT2D eigenvalue weighted by molar-refractivity contribution is 6.33. The van der Waals surface area contributed by atoms with Gasteiger partial charge in [-0.05, 0) is 24.1 Å². The molecule has 0 aliphatic heterocycles. The number of hydrogen-bond donors (Lipinski definition) is 2. The lowest BCUT2D eigenvalue weighted by atomic mass is 10.1. The highest BCUT2D eigenvalue weighted by atomic mass is 16.6. The normalized spacial score (nSPS) is 9.77. The van der Waals surface area contributed by atoms with Gasteiger partial charge in [0.25, 0.3) is 0 Å². The van der Waals surface area contributed by atoms with Crippen LogP contribution in [0.3, 0.4) is 0 Å². The van der Waals surface area contributed by atoms with Crippen molar-refractivity contribution in [3.05, 3.63) is 29.8 Å². The van der Waals surface area contributed by atoms with Crippen LogP contribution in [0.2, 0.25) is 0 Å². The van der Waals surface area contributed by atoms with Crippen molar-refractivity contribution < 1.29 is 14.7 Å². The molecule has 4 heteroatoms. The van der Waals surface area contributed by atoms with E-state index >= 15 is 0 Å². The molecular weight excluding hydrogens is 167 g/mol. The Morgan fingerprint density at radius 3 is 2.31 bits per heavy atom. The first kappa shape index (κ1) is 10.1. The van der Waals surface area contributed by atoms with Crippen LogP contribution in [0.1, 0.15) is 18.9 Å². The summed E-state index contributed by atoms with van der Waals surface area (Å²) < 4.78 is 4.66. The van der Waals surface area contributed by atoms with Crippen LogP contribution in [0.15, 0.2) is 24.3 Å². The predicted octanol–water partition coefficient (Wildman–Crippen LogP) is 0.987. The van der Waals surface area contributed by atoms with Crippen molar-refractivity contribution in [1.29, 1.82) is 0 Å². The van der Waals surface area contributed by atoms with Gasteiger partial charge in [-0.15, -0.1) is 0 Å². The Balaban J connectivity index is 2.59. The van der Waals surface area contributed by atoms with Gasteiger partial charge in [-0.1, -0.05) is 25.5 Å². The largest absolute Gasteiger partial charge is 0.707 e. The Kier molecular flexibility index (Phi) is 3.80. The molecule has 0 aliphatic rings. The van der Waals surface area contributed by atoms with Gasteiger partial charge in [-0.3, -0.25) is 0 Å². The maximum Gasteiger partial charge on any atom is 0.707 e. The van der Waals surface area contributed by atoms with Gasteiger partial charge in [-0.25, -0.2) is 0 Å². The first-order chi connectivity index (χ1) is 6.22. The van der Waals surface area contributed by atoms with E-state index in [0.717, 1.165) is 12.8 Å². The van der Waals surface area contributed by atoms with Gasteiger partial charge in [0.2, 0.25) is 0 Å². The van der Waals surface area contributed by atoms with Crippen LogP contribution in [-0.2, 0) is 6.42 Å². The Bertz CT molecular complexity index is 246. The van der Waals surface area contributed by atoms with E-state index in [-0.39, 0.29) is 0 Å². The van der Waals surface area contributed by atoms with E-state index < -0.39 is 7.32 Å². The van der Waals surface area contributed by atoms with Gasteiger partial charge in [0, 0.05) is 0 Å². The second-order valence-electron chi connectivity index (χ2n) is 2.84. The summed E-state index contributed by atoms with van der Waals surface area (Å²) in [6.07, 6.45) is 2.13. The number of aryl methyl sites for hydroxylation is 1. The van der Waals surface area contributed by atoms with Gasteiger partial charge in [0.05, 0.1) is 0 Å². The topological polar surface area (TPSA) is 49.7 Å². The van der Waals surface area contributed by atoms with Crippen molar-refractivity contribution in [2.45, 2.75) is 19.8 Å². The average Bonchev–Trinajstić information content (AvgIpc) is 2.08. The fourth-order valence-corrected chi connectivity index (χ4v) is 1.15. The molecule has 0 bridgehead atoms. The monoisotopic (exact) mass is 180 g/mol. The van der Waals surface area contributed by atoms with Gasteiger partial charge >= 0.3 is 7.32 Å². The fraction of sp³-hybridized carbons (Fsp3) is 0.333. The van der Waals surface area contributed by atoms with Crippen LogP contribution < -0.4 is 4.65 Å². The van der Waals surface area contributed by atoms with Crippen molar-refractivity contribution in [3.63, 3.8) is 0 Å². The summed E-state index contributed by atoms with van der Waals surface area (Å²) >= 11 is 0. The van der Waals surface area contributed by atoms with Crippen LogP contribution >= 0.6 is 0 Å². The van der Waals surface area contributed by atoms with E-state index in [1.165, 1.54) is 5.56 Å². The van der Waals surface area contributed by atoms with Crippen LogP contribution in [0.4, 0.5) is 0 Å². The molecule has 0 saturated heterocycles. The Hall–Kier alpha value is -0.995. The van der Waals surface area contributed by atoms with Crippen molar-refractivity contribution in [3.8, 4) is 5.75 Å². The smallest absolute Gasteiger partial charge is 0.512 e. The second kappa shape index (κ2) is 4.89. The van der Waals surface area contributed by atoms with Crippen LogP contribution in [0.5, 0.6) is 5.75 Å². The minimum Gasteiger partial charge on any atom is -0.512 e. The fourth-order valence-electron chi connectivity index (χ4n) is 1.15. The zero-order valence-corrected chi connectivity index (χ0v) is 7.60. The molecule has 70 valence electrons. The third-order valence-corrected chi connectivity index (χ3v) is 1.70. The Morgan fingerprint density at radius 1 is 1.23 bits per heavy atom. The lowest BCUT2D eigenvalue weighted by Crippen LogP contribution is -2.20. The Morgan fingerprint density at radius 2 is 1.85 bits per heavy atom. The first-order valence-corrected chi connectivity index (χ1v) is 4.34. The average molecular weight is 180 g/mol.